The topological polar surface area (TPSA) is 75.6 Å². The maximum atomic E-state index is 12.5. The average molecular weight is 329 g/mol. The van der Waals surface area contributed by atoms with Crippen LogP contribution in [0.4, 0.5) is 5.82 Å². The Bertz CT molecular complexity index is 831. The van der Waals surface area contributed by atoms with E-state index in [0.717, 1.165) is 28.2 Å². The zero-order chi connectivity index (χ0) is 16.6. The number of hydrogen-bond acceptors (Lipinski definition) is 4. The highest BCUT2D eigenvalue weighted by molar-refractivity contribution is 7.08. The normalized spacial score (nSPS) is 12.3. The number of aromatic amines is 1. The van der Waals surface area contributed by atoms with Crippen LogP contribution >= 0.6 is 11.3 Å². The molecule has 0 bridgehead atoms. The van der Waals surface area contributed by atoms with Crippen molar-refractivity contribution in [2.45, 2.75) is 26.7 Å². The van der Waals surface area contributed by atoms with Gasteiger partial charge in [-0.3, -0.25) is 14.6 Å². The van der Waals surface area contributed by atoms with Gasteiger partial charge in [0.1, 0.15) is 0 Å². The van der Waals surface area contributed by atoms with Gasteiger partial charge in [0.15, 0.2) is 5.82 Å². The molecule has 0 fully saturated rings. The summed E-state index contributed by atoms with van der Waals surface area (Å²) in [6.07, 6.45) is 0. The molecule has 0 aliphatic heterocycles. The summed E-state index contributed by atoms with van der Waals surface area (Å²) in [5.74, 6) is 0.153. The summed E-state index contributed by atoms with van der Waals surface area (Å²) >= 11 is 1.62. The molecule has 3 aromatic rings. The van der Waals surface area contributed by atoms with Gasteiger partial charge >= 0.3 is 0 Å². The van der Waals surface area contributed by atoms with Gasteiger partial charge in [-0.15, -0.1) is 0 Å². The van der Waals surface area contributed by atoms with Crippen molar-refractivity contribution in [3.63, 3.8) is 0 Å². The van der Waals surface area contributed by atoms with Crippen LogP contribution in [0.5, 0.6) is 0 Å². The zero-order valence-electron chi connectivity index (χ0n) is 13.5. The molecule has 0 aliphatic carbocycles. The lowest BCUT2D eigenvalue weighted by atomic mass is 9.98. The van der Waals surface area contributed by atoms with Gasteiger partial charge in [-0.2, -0.15) is 21.5 Å². The Morgan fingerprint density at radius 2 is 2.22 bits per heavy atom. The first-order valence-corrected chi connectivity index (χ1v) is 8.30. The van der Waals surface area contributed by atoms with Crippen LogP contribution in [-0.4, -0.2) is 25.9 Å². The van der Waals surface area contributed by atoms with Crippen molar-refractivity contribution >= 4 is 23.1 Å². The van der Waals surface area contributed by atoms with E-state index in [2.05, 4.69) is 20.6 Å². The number of aromatic nitrogens is 4. The van der Waals surface area contributed by atoms with Crippen LogP contribution in [0.3, 0.4) is 0 Å². The number of nitrogens with zero attached hydrogens (tertiary/aromatic N) is 3. The van der Waals surface area contributed by atoms with Crippen LogP contribution in [0.15, 0.2) is 22.9 Å². The predicted octanol–water partition coefficient (Wildman–Crippen LogP) is 3.23. The molecule has 0 saturated carbocycles. The first-order chi connectivity index (χ1) is 11.0. The molecule has 0 saturated heterocycles. The van der Waals surface area contributed by atoms with E-state index in [4.69, 9.17) is 0 Å². The van der Waals surface area contributed by atoms with E-state index in [0.29, 0.717) is 5.82 Å². The summed E-state index contributed by atoms with van der Waals surface area (Å²) in [5.41, 5.74) is 4.82. The third kappa shape index (κ3) is 2.92. The molecule has 7 heteroatoms. The first-order valence-electron chi connectivity index (χ1n) is 7.36. The fraction of sp³-hybridized carbons (Fsp3) is 0.312. The molecule has 6 nitrogen and oxygen atoms in total. The Kier molecular flexibility index (Phi) is 4.04. The van der Waals surface area contributed by atoms with E-state index in [9.17, 15) is 4.79 Å². The van der Waals surface area contributed by atoms with Crippen molar-refractivity contribution < 1.29 is 4.79 Å². The summed E-state index contributed by atoms with van der Waals surface area (Å²) < 4.78 is 1.80. The van der Waals surface area contributed by atoms with Crippen LogP contribution in [-0.2, 0) is 11.8 Å². The summed E-state index contributed by atoms with van der Waals surface area (Å²) in [6, 6.07) is 3.85. The van der Waals surface area contributed by atoms with E-state index in [-0.39, 0.29) is 11.8 Å². The van der Waals surface area contributed by atoms with Crippen molar-refractivity contribution in [3.8, 4) is 11.3 Å². The number of rotatable bonds is 4. The molecule has 3 rings (SSSR count). The maximum absolute atomic E-state index is 12.5. The van der Waals surface area contributed by atoms with E-state index >= 15 is 0 Å². The Morgan fingerprint density at radius 1 is 1.43 bits per heavy atom. The van der Waals surface area contributed by atoms with Crippen LogP contribution in [0.2, 0.25) is 0 Å². The number of hydrogen-bond donors (Lipinski definition) is 2. The molecule has 1 amide bonds. The minimum absolute atomic E-state index is 0.0902. The van der Waals surface area contributed by atoms with Crippen LogP contribution in [0, 0.1) is 13.8 Å². The third-order valence-corrected chi connectivity index (χ3v) is 4.74. The fourth-order valence-electron chi connectivity index (χ4n) is 2.73. The number of aryl methyl sites for hydroxylation is 2. The lowest BCUT2D eigenvalue weighted by Crippen LogP contribution is -2.20. The Balaban J connectivity index is 1.76. The molecule has 3 aromatic heterocycles. The molecule has 0 aromatic carbocycles. The van der Waals surface area contributed by atoms with Gasteiger partial charge in [0, 0.05) is 35.3 Å². The molecule has 0 radical (unpaired) electrons. The number of nitrogens with one attached hydrogen (secondary N) is 2. The minimum Gasteiger partial charge on any atom is -0.309 e. The Labute approximate surface area is 138 Å². The Hall–Kier alpha value is -2.41. The molecule has 0 aliphatic rings. The van der Waals surface area contributed by atoms with Crippen molar-refractivity contribution in [1.29, 1.82) is 0 Å². The maximum Gasteiger partial charge on any atom is 0.232 e. The summed E-state index contributed by atoms with van der Waals surface area (Å²) in [7, 11) is 1.89. The van der Waals surface area contributed by atoms with E-state index in [1.54, 1.807) is 16.0 Å². The molecule has 2 N–H and O–H groups in total. The van der Waals surface area contributed by atoms with Crippen LogP contribution in [0.25, 0.3) is 11.3 Å². The Morgan fingerprint density at radius 3 is 2.83 bits per heavy atom. The molecule has 23 heavy (non-hydrogen) atoms. The molecular weight excluding hydrogens is 310 g/mol. The minimum atomic E-state index is -0.287. The molecule has 0 spiro atoms. The van der Waals surface area contributed by atoms with Crippen molar-refractivity contribution in [1.82, 2.24) is 20.0 Å². The number of amides is 1. The van der Waals surface area contributed by atoms with Crippen LogP contribution in [0.1, 0.15) is 29.8 Å². The number of anilines is 1. The lowest BCUT2D eigenvalue weighted by molar-refractivity contribution is -0.117. The first kappa shape index (κ1) is 15.5. The number of carbonyl (C=O) groups is 1. The lowest BCUT2D eigenvalue weighted by Gasteiger charge is -2.11. The number of carbonyl (C=O) groups excluding carboxylic acids is 1. The smallest absolute Gasteiger partial charge is 0.232 e. The summed E-state index contributed by atoms with van der Waals surface area (Å²) in [5, 5.41) is 18.4. The average Bonchev–Trinajstić information content (AvgIpc) is 3.21. The largest absolute Gasteiger partial charge is 0.309 e. The molecular formula is C16H19N5OS. The fourth-order valence-corrected chi connectivity index (χ4v) is 3.39. The molecule has 3 heterocycles. The summed E-state index contributed by atoms with van der Waals surface area (Å²) in [4.78, 5) is 12.5. The van der Waals surface area contributed by atoms with E-state index in [1.807, 2.05) is 50.7 Å². The summed E-state index contributed by atoms with van der Waals surface area (Å²) in [6.45, 7) is 5.79. The van der Waals surface area contributed by atoms with Gasteiger partial charge in [0.25, 0.3) is 0 Å². The van der Waals surface area contributed by atoms with Gasteiger partial charge in [0.05, 0.1) is 17.3 Å². The van der Waals surface area contributed by atoms with Crippen LogP contribution < -0.4 is 5.32 Å². The molecule has 0 unspecified atom stereocenters. The molecule has 1 atom stereocenters. The highest BCUT2D eigenvalue weighted by Gasteiger charge is 2.23. The highest BCUT2D eigenvalue weighted by Crippen LogP contribution is 2.25. The number of thiophene rings is 1. The zero-order valence-corrected chi connectivity index (χ0v) is 14.4. The quantitative estimate of drug-likeness (QED) is 0.771. The van der Waals surface area contributed by atoms with Gasteiger partial charge < -0.3 is 5.32 Å². The van der Waals surface area contributed by atoms with Crippen molar-refractivity contribution in [2.24, 2.45) is 7.05 Å². The SMILES string of the molecule is Cc1nn(C)c(C)c1[C@@H](C)C(=O)Nc1cc(-c2ccsc2)[nH]n1. The number of H-pyrrole nitrogens is 1. The molecule has 120 valence electrons. The van der Waals surface area contributed by atoms with Gasteiger partial charge in [-0.1, -0.05) is 0 Å². The second-order valence-corrected chi connectivity index (χ2v) is 6.38. The van der Waals surface area contributed by atoms with Crippen molar-refractivity contribution in [3.05, 3.63) is 39.8 Å². The van der Waals surface area contributed by atoms with Gasteiger partial charge in [-0.05, 0) is 32.2 Å². The van der Waals surface area contributed by atoms with Gasteiger partial charge in [0.2, 0.25) is 5.91 Å². The monoisotopic (exact) mass is 329 g/mol. The highest BCUT2D eigenvalue weighted by atomic mass is 32.1. The van der Waals surface area contributed by atoms with Crippen molar-refractivity contribution in [2.75, 3.05) is 5.32 Å². The van der Waals surface area contributed by atoms with E-state index < -0.39 is 0 Å². The van der Waals surface area contributed by atoms with Gasteiger partial charge in [-0.25, -0.2) is 0 Å². The second kappa shape index (κ2) is 6.00. The predicted molar refractivity (Wildman–Crippen MR) is 91.6 cm³/mol. The van der Waals surface area contributed by atoms with E-state index in [1.165, 1.54) is 0 Å². The third-order valence-electron chi connectivity index (χ3n) is 4.05. The second-order valence-electron chi connectivity index (χ2n) is 5.60. The standard InChI is InChI=1S/C16H19N5OS/c1-9(15-10(2)20-21(4)11(15)3)16(22)17-14-7-13(18-19-14)12-5-6-23-8-12/h5-9H,1-4H3,(H2,17,18,19,22)/t9-/m1/s1.